The third kappa shape index (κ3) is 4.74. The van der Waals surface area contributed by atoms with Crippen LogP contribution in [0.25, 0.3) is 23.0 Å². The molecular weight excluding hydrogens is 412 g/mol. The van der Waals surface area contributed by atoms with Gasteiger partial charge in [-0.2, -0.15) is 10.4 Å². The Labute approximate surface area is 184 Å². The molecule has 1 N–H and O–H groups in total. The van der Waals surface area contributed by atoms with Crippen molar-refractivity contribution in [2.75, 3.05) is 0 Å². The van der Waals surface area contributed by atoms with Crippen molar-refractivity contribution in [1.29, 1.82) is 5.26 Å². The van der Waals surface area contributed by atoms with E-state index in [4.69, 9.17) is 16.0 Å². The van der Waals surface area contributed by atoms with Crippen LogP contribution in [-0.2, 0) is 11.3 Å². The van der Waals surface area contributed by atoms with Gasteiger partial charge in [0, 0.05) is 22.3 Å². The number of nitrogens with zero attached hydrogens (tertiary/aromatic N) is 3. The fraction of sp³-hybridized carbons (Fsp3) is 0.0417. The molecule has 0 unspecified atom stereocenters. The lowest BCUT2D eigenvalue weighted by molar-refractivity contribution is -0.117. The summed E-state index contributed by atoms with van der Waals surface area (Å²) in [5, 5.41) is 17.6. The Balaban J connectivity index is 1.70. The third-order valence-corrected chi connectivity index (χ3v) is 4.80. The molecule has 4 aromatic rings. The van der Waals surface area contributed by atoms with Crippen molar-refractivity contribution in [1.82, 2.24) is 15.1 Å². The highest BCUT2D eigenvalue weighted by Crippen LogP contribution is 2.27. The number of hydrogen-bond donors (Lipinski definition) is 1. The summed E-state index contributed by atoms with van der Waals surface area (Å²) in [6, 6.07) is 22.3. The molecule has 152 valence electrons. The Kier molecular flexibility index (Phi) is 5.97. The van der Waals surface area contributed by atoms with Gasteiger partial charge in [-0.3, -0.25) is 4.79 Å². The fourth-order valence-corrected chi connectivity index (χ4v) is 3.14. The lowest BCUT2D eigenvalue weighted by Crippen LogP contribution is -2.23. The Hall–Kier alpha value is -4.08. The highest BCUT2D eigenvalue weighted by Gasteiger charge is 2.15. The molecule has 6 nitrogen and oxygen atoms in total. The summed E-state index contributed by atoms with van der Waals surface area (Å²) < 4.78 is 6.93. The second kappa shape index (κ2) is 9.16. The normalized spacial score (nSPS) is 11.2. The quantitative estimate of drug-likeness (QED) is 0.345. The van der Waals surface area contributed by atoms with Crippen molar-refractivity contribution in [3.63, 3.8) is 0 Å². The van der Waals surface area contributed by atoms with Gasteiger partial charge in [0.2, 0.25) is 0 Å². The molecule has 0 aliphatic heterocycles. The van der Waals surface area contributed by atoms with Gasteiger partial charge in [0.05, 0.1) is 24.2 Å². The summed E-state index contributed by atoms with van der Waals surface area (Å²) in [6.45, 7) is 0.193. The maximum absolute atomic E-state index is 12.6. The summed E-state index contributed by atoms with van der Waals surface area (Å²) >= 11 is 6.02. The molecule has 0 atom stereocenters. The number of carbonyl (C=O) groups is 1. The molecular formula is C24H17ClN4O2. The Morgan fingerprint density at radius 2 is 1.90 bits per heavy atom. The van der Waals surface area contributed by atoms with E-state index < -0.39 is 5.91 Å². The molecule has 0 aliphatic rings. The first-order valence-corrected chi connectivity index (χ1v) is 9.85. The molecule has 2 aromatic carbocycles. The van der Waals surface area contributed by atoms with Crippen LogP contribution in [0.15, 0.2) is 89.2 Å². The number of benzene rings is 2. The van der Waals surface area contributed by atoms with E-state index in [-0.39, 0.29) is 12.1 Å². The Bertz CT molecular complexity index is 1250. The molecule has 2 heterocycles. The van der Waals surface area contributed by atoms with Crippen molar-refractivity contribution in [3.8, 4) is 23.0 Å². The number of furan rings is 1. The van der Waals surface area contributed by atoms with Gasteiger partial charge >= 0.3 is 0 Å². The molecule has 1 amide bonds. The minimum Gasteiger partial charge on any atom is -0.467 e. The number of amides is 1. The van der Waals surface area contributed by atoms with E-state index in [1.807, 2.05) is 48.5 Å². The Morgan fingerprint density at radius 3 is 2.58 bits per heavy atom. The van der Waals surface area contributed by atoms with Crippen molar-refractivity contribution in [3.05, 3.63) is 101 Å². The van der Waals surface area contributed by atoms with E-state index in [1.54, 1.807) is 35.1 Å². The summed E-state index contributed by atoms with van der Waals surface area (Å²) in [4.78, 5) is 12.6. The van der Waals surface area contributed by atoms with Crippen LogP contribution in [0.2, 0.25) is 5.02 Å². The number of aromatic nitrogens is 2. The lowest BCUT2D eigenvalue weighted by atomic mass is 10.1. The third-order valence-electron chi connectivity index (χ3n) is 4.55. The first-order chi connectivity index (χ1) is 15.1. The topological polar surface area (TPSA) is 83.8 Å². The fourth-order valence-electron chi connectivity index (χ4n) is 3.02. The van der Waals surface area contributed by atoms with Gasteiger partial charge in [-0.1, -0.05) is 41.9 Å². The van der Waals surface area contributed by atoms with Gasteiger partial charge in [0.25, 0.3) is 5.91 Å². The zero-order chi connectivity index (χ0) is 21.6. The van der Waals surface area contributed by atoms with Crippen molar-refractivity contribution >= 4 is 23.6 Å². The van der Waals surface area contributed by atoms with Crippen molar-refractivity contribution < 1.29 is 9.21 Å². The van der Waals surface area contributed by atoms with Crippen LogP contribution < -0.4 is 5.32 Å². The van der Waals surface area contributed by atoms with Crippen LogP contribution in [0.4, 0.5) is 0 Å². The highest BCUT2D eigenvalue weighted by atomic mass is 35.5. The maximum atomic E-state index is 12.6. The minimum absolute atomic E-state index is 0.0330. The zero-order valence-corrected chi connectivity index (χ0v) is 17.1. The van der Waals surface area contributed by atoms with Crippen molar-refractivity contribution in [2.24, 2.45) is 0 Å². The van der Waals surface area contributed by atoms with E-state index in [9.17, 15) is 10.1 Å². The number of nitrogens with one attached hydrogen (secondary N) is 1. The van der Waals surface area contributed by atoms with E-state index in [0.29, 0.717) is 22.0 Å². The van der Waals surface area contributed by atoms with E-state index in [2.05, 4.69) is 10.4 Å². The predicted octanol–water partition coefficient (Wildman–Crippen LogP) is 5.01. The standard InChI is InChI=1S/C24H17ClN4O2/c25-20-10-8-17(9-11-20)23-19(16-29(28-23)21-5-2-1-3-6-21)13-18(14-26)24(30)27-15-22-7-4-12-31-22/h1-13,16H,15H2,(H,27,30). The van der Waals surface area contributed by atoms with Crippen LogP contribution in [0.3, 0.4) is 0 Å². The van der Waals surface area contributed by atoms with Crippen LogP contribution in [0.5, 0.6) is 0 Å². The maximum Gasteiger partial charge on any atom is 0.262 e. The van der Waals surface area contributed by atoms with Crippen LogP contribution in [0, 0.1) is 11.3 Å². The zero-order valence-electron chi connectivity index (χ0n) is 16.3. The van der Waals surface area contributed by atoms with Gasteiger partial charge < -0.3 is 9.73 Å². The average Bonchev–Trinajstić information content (AvgIpc) is 3.47. The highest BCUT2D eigenvalue weighted by molar-refractivity contribution is 6.30. The first-order valence-electron chi connectivity index (χ1n) is 9.47. The van der Waals surface area contributed by atoms with Crippen LogP contribution in [-0.4, -0.2) is 15.7 Å². The molecule has 0 bridgehead atoms. The SMILES string of the molecule is N#CC(=Cc1cn(-c2ccccc2)nc1-c1ccc(Cl)cc1)C(=O)NCc1ccco1. The number of hydrogen-bond acceptors (Lipinski definition) is 4. The molecule has 0 aliphatic carbocycles. The number of halogens is 1. The first kappa shape index (κ1) is 20.2. The van der Waals surface area contributed by atoms with Crippen LogP contribution >= 0.6 is 11.6 Å². The Morgan fingerprint density at radius 1 is 1.13 bits per heavy atom. The minimum atomic E-state index is -0.492. The van der Waals surface area contributed by atoms with Gasteiger partial charge in [0.15, 0.2) is 0 Å². The summed E-state index contributed by atoms with van der Waals surface area (Å²) in [7, 11) is 0. The van der Waals surface area contributed by atoms with Gasteiger partial charge in [-0.25, -0.2) is 4.68 Å². The van der Waals surface area contributed by atoms with Crippen LogP contribution in [0.1, 0.15) is 11.3 Å². The smallest absolute Gasteiger partial charge is 0.262 e. The summed E-state index contributed by atoms with van der Waals surface area (Å²) in [5.41, 5.74) is 2.91. The molecule has 0 fully saturated rings. The predicted molar refractivity (Wildman–Crippen MR) is 118 cm³/mol. The summed E-state index contributed by atoms with van der Waals surface area (Å²) in [6.07, 6.45) is 4.85. The van der Waals surface area contributed by atoms with Gasteiger partial charge in [-0.05, 0) is 42.5 Å². The molecule has 4 rings (SSSR count). The molecule has 0 saturated heterocycles. The second-order valence-electron chi connectivity index (χ2n) is 6.65. The monoisotopic (exact) mass is 428 g/mol. The number of carbonyl (C=O) groups excluding carboxylic acids is 1. The molecule has 0 saturated carbocycles. The van der Waals surface area contributed by atoms with Crippen molar-refractivity contribution in [2.45, 2.75) is 6.54 Å². The number of para-hydroxylation sites is 1. The van der Waals surface area contributed by atoms with E-state index in [1.165, 1.54) is 12.3 Å². The van der Waals surface area contributed by atoms with Gasteiger partial charge in [0.1, 0.15) is 17.4 Å². The average molecular weight is 429 g/mol. The molecule has 0 spiro atoms. The molecule has 7 heteroatoms. The lowest BCUT2D eigenvalue weighted by Gasteiger charge is -2.03. The number of nitriles is 1. The molecule has 2 aromatic heterocycles. The van der Waals surface area contributed by atoms with Gasteiger partial charge in [-0.15, -0.1) is 0 Å². The largest absolute Gasteiger partial charge is 0.467 e. The second-order valence-corrected chi connectivity index (χ2v) is 7.09. The molecule has 31 heavy (non-hydrogen) atoms. The number of rotatable bonds is 6. The summed E-state index contributed by atoms with van der Waals surface area (Å²) in [5.74, 6) is 0.109. The van der Waals surface area contributed by atoms with E-state index in [0.717, 1.165) is 11.3 Å². The van der Waals surface area contributed by atoms with E-state index >= 15 is 0 Å². The molecule has 0 radical (unpaired) electrons.